The van der Waals surface area contributed by atoms with Gasteiger partial charge in [0.25, 0.3) is 0 Å². The number of carbonyl (C=O) groups is 1. The smallest absolute Gasteiger partial charge is 0.307 e. The summed E-state index contributed by atoms with van der Waals surface area (Å²) in [6.07, 6.45) is 0.382. The van der Waals surface area contributed by atoms with E-state index in [1.165, 1.54) is 0 Å². The van der Waals surface area contributed by atoms with Crippen molar-refractivity contribution in [1.29, 1.82) is 0 Å². The lowest BCUT2D eigenvalue weighted by molar-refractivity contribution is -0.143. The SMILES string of the molecule is CCOC(=O)CCN(C)Cc1cc(Cl)ccc1OC. The minimum absolute atomic E-state index is 0.174. The highest BCUT2D eigenvalue weighted by molar-refractivity contribution is 6.30. The molecule has 0 saturated heterocycles. The molecule has 5 heteroatoms. The number of nitrogens with zero attached hydrogens (tertiary/aromatic N) is 1. The van der Waals surface area contributed by atoms with Crippen LogP contribution in [0.1, 0.15) is 18.9 Å². The maximum Gasteiger partial charge on any atom is 0.307 e. The largest absolute Gasteiger partial charge is 0.496 e. The van der Waals surface area contributed by atoms with Gasteiger partial charge >= 0.3 is 5.97 Å². The van der Waals surface area contributed by atoms with Gasteiger partial charge in [-0.05, 0) is 32.2 Å². The van der Waals surface area contributed by atoms with Crippen LogP contribution >= 0.6 is 11.6 Å². The highest BCUT2D eigenvalue weighted by Gasteiger charge is 2.09. The number of methoxy groups -OCH3 is 1. The minimum Gasteiger partial charge on any atom is -0.496 e. The van der Waals surface area contributed by atoms with Crippen molar-refractivity contribution in [2.75, 3.05) is 27.3 Å². The lowest BCUT2D eigenvalue weighted by atomic mass is 10.2. The van der Waals surface area contributed by atoms with Gasteiger partial charge in [0.2, 0.25) is 0 Å². The molecule has 0 spiro atoms. The molecule has 0 heterocycles. The van der Waals surface area contributed by atoms with Gasteiger partial charge < -0.3 is 14.4 Å². The van der Waals surface area contributed by atoms with Crippen LogP contribution in [0.15, 0.2) is 18.2 Å². The van der Waals surface area contributed by atoms with Crippen molar-refractivity contribution in [3.8, 4) is 5.75 Å². The third-order valence-electron chi connectivity index (χ3n) is 2.69. The Morgan fingerprint density at radius 1 is 1.42 bits per heavy atom. The maximum absolute atomic E-state index is 11.3. The van der Waals surface area contributed by atoms with E-state index >= 15 is 0 Å². The van der Waals surface area contributed by atoms with Crippen molar-refractivity contribution in [2.45, 2.75) is 19.9 Å². The van der Waals surface area contributed by atoms with Crippen molar-refractivity contribution >= 4 is 17.6 Å². The van der Waals surface area contributed by atoms with Crippen molar-refractivity contribution in [1.82, 2.24) is 4.90 Å². The number of hydrogen-bond acceptors (Lipinski definition) is 4. The van der Waals surface area contributed by atoms with Crippen molar-refractivity contribution in [3.05, 3.63) is 28.8 Å². The van der Waals surface area contributed by atoms with E-state index in [1.807, 2.05) is 24.1 Å². The summed E-state index contributed by atoms with van der Waals surface area (Å²) in [4.78, 5) is 13.3. The molecule has 0 bridgehead atoms. The average molecular weight is 286 g/mol. The first kappa shape index (κ1) is 15.8. The molecule has 4 nitrogen and oxygen atoms in total. The number of rotatable bonds is 7. The third-order valence-corrected chi connectivity index (χ3v) is 2.92. The lowest BCUT2D eigenvalue weighted by Crippen LogP contribution is -2.22. The topological polar surface area (TPSA) is 38.8 Å². The fraction of sp³-hybridized carbons (Fsp3) is 0.500. The fourth-order valence-corrected chi connectivity index (χ4v) is 1.95. The lowest BCUT2D eigenvalue weighted by Gasteiger charge is -2.18. The Labute approximate surface area is 119 Å². The van der Waals surface area contributed by atoms with Crippen molar-refractivity contribution in [2.24, 2.45) is 0 Å². The Bertz CT molecular complexity index is 423. The fourth-order valence-electron chi connectivity index (χ4n) is 1.76. The third kappa shape index (κ3) is 5.49. The molecular weight excluding hydrogens is 266 g/mol. The van der Waals surface area contributed by atoms with Crippen LogP contribution in [-0.4, -0.2) is 38.2 Å². The van der Waals surface area contributed by atoms with E-state index in [-0.39, 0.29) is 5.97 Å². The molecule has 0 amide bonds. The number of ether oxygens (including phenoxy) is 2. The van der Waals surface area contributed by atoms with Gasteiger partial charge in [-0.3, -0.25) is 4.79 Å². The molecule has 0 atom stereocenters. The summed E-state index contributed by atoms with van der Waals surface area (Å²) >= 11 is 5.98. The summed E-state index contributed by atoms with van der Waals surface area (Å²) in [6.45, 7) is 3.53. The first-order chi connectivity index (χ1) is 9.06. The van der Waals surface area contributed by atoms with Crippen LogP contribution < -0.4 is 4.74 Å². The second-order valence-electron chi connectivity index (χ2n) is 4.25. The van der Waals surface area contributed by atoms with Crippen molar-refractivity contribution < 1.29 is 14.3 Å². The van der Waals surface area contributed by atoms with Gasteiger partial charge in [0, 0.05) is 23.7 Å². The zero-order valence-electron chi connectivity index (χ0n) is 11.6. The zero-order chi connectivity index (χ0) is 14.3. The quantitative estimate of drug-likeness (QED) is 0.722. The Balaban J connectivity index is 2.54. The van der Waals surface area contributed by atoms with E-state index < -0.39 is 0 Å². The molecule has 1 rings (SSSR count). The Hall–Kier alpha value is -1.26. The van der Waals surface area contributed by atoms with E-state index in [0.29, 0.717) is 31.1 Å². The number of carbonyl (C=O) groups excluding carboxylic acids is 1. The molecule has 0 fully saturated rings. The van der Waals surface area contributed by atoms with Crippen molar-refractivity contribution in [3.63, 3.8) is 0 Å². The van der Waals surface area contributed by atoms with Gasteiger partial charge in [0.05, 0.1) is 20.1 Å². The monoisotopic (exact) mass is 285 g/mol. The second kappa shape index (κ2) is 8.02. The van der Waals surface area contributed by atoms with Crippen LogP contribution in [-0.2, 0) is 16.1 Å². The molecule has 19 heavy (non-hydrogen) atoms. The number of halogens is 1. The minimum atomic E-state index is -0.174. The molecule has 106 valence electrons. The maximum atomic E-state index is 11.3. The first-order valence-electron chi connectivity index (χ1n) is 6.23. The second-order valence-corrected chi connectivity index (χ2v) is 4.69. The van der Waals surface area contributed by atoms with E-state index in [9.17, 15) is 4.79 Å². The molecule has 0 aliphatic heterocycles. The molecule has 0 radical (unpaired) electrons. The Morgan fingerprint density at radius 3 is 2.79 bits per heavy atom. The predicted molar refractivity (Wildman–Crippen MR) is 75.6 cm³/mol. The summed E-state index contributed by atoms with van der Waals surface area (Å²) in [5.74, 6) is 0.625. The van der Waals surface area contributed by atoms with Crippen LogP contribution in [0, 0.1) is 0 Å². The van der Waals surface area contributed by atoms with Gasteiger partial charge in [0.1, 0.15) is 5.75 Å². The summed E-state index contributed by atoms with van der Waals surface area (Å²) in [5.41, 5.74) is 1.00. The number of hydrogen-bond donors (Lipinski definition) is 0. The zero-order valence-corrected chi connectivity index (χ0v) is 12.4. The molecule has 0 N–H and O–H groups in total. The first-order valence-corrected chi connectivity index (χ1v) is 6.61. The van der Waals surface area contributed by atoms with E-state index in [0.717, 1.165) is 11.3 Å². The van der Waals surface area contributed by atoms with Crippen LogP contribution in [0.5, 0.6) is 5.75 Å². The summed E-state index contributed by atoms with van der Waals surface area (Å²) < 4.78 is 10.2. The van der Waals surface area contributed by atoms with Crippen LogP contribution in [0.25, 0.3) is 0 Å². The normalized spacial score (nSPS) is 10.6. The molecule has 0 aliphatic rings. The molecule has 1 aromatic rings. The van der Waals surface area contributed by atoms with E-state index in [4.69, 9.17) is 21.1 Å². The van der Waals surface area contributed by atoms with Gasteiger partial charge in [-0.15, -0.1) is 0 Å². The van der Waals surface area contributed by atoms with Gasteiger partial charge in [-0.2, -0.15) is 0 Å². The Kier molecular flexibility index (Phi) is 6.67. The van der Waals surface area contributed by atoms with E-state index in [1.54, 1.807) is 20.1 Å². The standard InChI is InChI=1S/C14H20ClNO3/c1-4-19-14(17)7-8-16(2)10-11-9-12(15)5-6-13(11)18-3/h5-6,9H,4,7-8,10H2,1-3H3. The number of esters is 1. The molecule has 0 aliphatic carbocycles. The molecule has 0 saturated carbocycles. The molecule has 0 unspecified atom stereocenters. The van der Waals surface area contributed by atoms with Crippen LogP contribution in [0.2, 0.25) is 5.02 Å². The predicted octanol–water partition coefficient (Wildman–Crippen LogP) is 2.73. The summed E-state index contributed by atoms with van der Waals surface area (Å²) in [5, 5.41) is 0.676. The summed E-state index contributed by atoms with van der Waals surface area (Å²) in [7, 11) is 3.57. The average Bonchev–Trinajstić information content (AvgIpc) is 2.37. The molecule has 0 aromatic heterocycles. The van der Waals surface area contributed by atoms with Gasteiger partial charge in [-0.1, -0.05) is 11.6 Å². The van der Waals surface area contributed by atoms with Gasteiger partial charge in [-0.25, -0.2) is 0 Å². The highest BCUT2D eigenvalue weighted by atomic mass is 35.5. The van der Waals surface area contributed by atoms with Gasteiger partial charge in [0.15, 0.2) is 0 Å². The Morgan fingerprint density at radius 2 is 2.16 bits per heavy atom. The van der Waals surface area contributed by atoms with Crippen LogP contribution in [0.4, 0.5) is 0 Å². The highest BCUT2D eigenvalue weighted by Crippen LogP contribution is 2.23. The molecule has 1 aromatic carbocycles. The summed E-state index contributed by atoms with van der Waals surface area (Å²) in [6, 6.07) is 5.51. The molecular formula is C14H20ClNO3. The van der Waals surface area contributed by atoms with Crippen LogP contribution in [0.3, 0.4) is 0 Å². The number of benzene rings is 1. The van der Waals surface area contributed by atoms with E-state index in [2.05, 4.69) is 0 Å².